The summed E-state index contributed by atoms with van der Waals surface area (Å²) < 4.78 is 4.47. The fourth-order valence-electron chi connectivity index (χ4n) is 7.39. The van der Waals surface area contributed by atoms with Gasteiger partial charge in [-0.3, -0.25) is 0 Å². The van der Waals surface area contributed by atoms with Crippen LogP contribution in [0.2, 0.25) is 0 Å². The molecule has 5 nitrogen and oxygen atoms in total. The minimum atomic E-state index is 0.581. The van der Waals surface area contributed by atoms with E-state index in [1.807, 2.05) is 91.0 Å². The molecule has 0 N–H and O–H groups in total. The summed E-state index contributed by atoms with van der Waals surface area (Å²) in [6.07, 6.45) is 0. The van der Waals surface area contributed by atoms with Crippen molar-refractivity contribution in [1.29, 1.82) is 15.8 Å². The van der Waals surface area contributed by atoms with E-state index >= 15 is 0 Å². The van der Waals surface area contributed by atoms with Crippen LogP contribution in [0.5, 0.6) is 0 Å². The standard InChI is InChI=1S/C45H25N5/c46-26-29-13-20-34(35-7-1-5-11-42(35)50-43-12-6-3-9-37(43)40-24-30(27-47)15-22-44(40)50)39(23-29)32-16-18-33(19-17-32)49-41-10-4-2-8-36(41)38-21-14-31(28-48)25-45(38)49/h1-25H. The maximum atomic E-state index is 9.96. The quantitative estimate of drug-likeness (QED) is 0.193. The number of hydrogen-bond donors (Lipinski definition) is 0. The highest BCUT2D eigenvalue weighted by atomic mass is 15.0. The Morgan fingerprint density at radius 3 is 1.68 bits per heavy atom. The molecule has 0 spiro atoms. The minimum absolute atomic E-state index is 0.581. The zero-order chi connectivity index (χ0) is 33.8. The number of rotatable bonds is 4. The van der Waals surface area contributed by atoms with Crippen LogP contribution in [-0.4, -0.2) is 9.13 Å². The van der Waals surface area contributed by atoms with E-state index < -0.39 is 0 Å². The van der Waals surface area contributed by atoms with Gasteiger partial charge in [-0.2, -0.15) is 15.8 Å². The molecule has 0 saturated carbocycles. The largest absolute Gasteiger partial charge is 0.309 e. The molecule has 50 heavy (non-hydrogen) atoms. The molecule has 9 aromatic rings. The van der Waals surface area contributed by atoms with Crippen LogP contribution < -0.4 is 0 Å². The van der Waals surface area contributed by atoms with Crippen molar-refractivity contribution in [2.24, 2.45) is 0 Å². The van der Waals surface area contributed by atoms with Gasteiger partial charge in [0.2, 0.25) is 0 Å². The molecule has 0 bridgehead atoms. The molecule has 9 rings (SSSR count). The van der Waals surface area contributed by atoms with Crippen molar-refractivity contribution in [3.8, 4) is 51.8 Å². The number of fused-ring (bicyclic) bond motifs is 6. The molecule has 7 aromatic carbocycles. The summed E-state index contributed by atoms with van der Waals surface area (Å²) >= 11 is 0. The first-order valence-corrected chi connectivity index (χ1v) is 16.3. The van der Waals surface area contributed by atoms with Crippen LogP contribution in [-0.2, 0) is 0 Å². The lowest BCUT2D eigenvalue weighted by Gasteiger charge is -2.17. The molecule has 0 unspecified atom stereocenters. The van der Waals surface area contributed by atoms with Gasteiger partial charge in [0.25, 0.3) is 0 Å². The minimum Gasteiger partial charge on any atom is -0.309 e. The van der Waals surface area contributed by atoms with E-state index in [2.05, 4.69) is 88.0 Å². The summed E-state index contributed by atoms with van der Waals surface area (Å²) in [5.74, 6) is 0. The number of nitriles is 3. The number of para-hydroxylation sites is 3. The van der Waals surface area contributed by atoms with E-state index in [9.17, 15) is 15.8 Å². The van der Waals surface area contributed by atoms with Gasteiger partial charge in [0, 0.05) is 32.8 Å². The van der Waals surface area contributed by atoms with Gasteiger partial charge in [-0.15, -0.1) is 0 Å². The van der Waals surface area contributed by atoms with Gasteiger partial charge >= 0.3 is 0 Å². The van der Waals surface area contributed by atoms with Crippen LogP contribution in [0.15, 0.2) is 152 Å². The molecule has 0 atom stereocenters. The highest BCUT2D eigenvalue weighted by Gasteiger charge is 2.19. The Bertz CT molecular complexity index is 2960. The highest BCUT2D eigenvalue weighted by Crippen LogP contribution is 2.41. The summed E-state index contributed by atoms with van der Waals surface area (Å²) in [5, 5.41) is 33.6. The van der Waals surface area contributed by atoms with Crippen LogP contribution in [0.4, 0.5) is 0 Å². The predicted octanol–water partition coefficient (Wildman–Crippen LogP) is 10.8. The van der Waals surface area contributed by atoms with Gasteiger partial charge in [-0.1, -0.05) is 78.9 Å². The first kappa shape index (κ1) is 28.8. The second-order valence-electron chi connectivity index (χ2n) is 12.3. The zero-order valence-electron chi connectivity index (χ0n) is 26.7. The van der Waals surface area contributed by atoms with E-state index in [4.69, 9.17) is 0 Å². The summed E-state index contributed by atoms with van der Waals surface area (Å²) in [4.78, 5) is 0. The Balaban J connectivity index is 1.24. The first-order chi connectivity index (χ1) is 24.7. The first-order valence-electron chi connectivity index (χ1n) is 16.3. The molecule has 0 aliphatic carbocycles. The molecule has 230 valence electrons. The van der Waals surface area contributed by atoms with Crippen molar-refractivity contribution in [2.75, 3.05) is 0 Å². The summed E-state index contributed by atoms with van der Waals surface area (Å²) in [5.41, 5.74) is 11.9. The lowest BCUT2D eigenvalue weighted by atomic mass is 9.92. The van der Waals surface area contributed by atoms with Crippen molar-refractivity contribution < 1.29 is 0 Å². The number of benzene rings is 7. The third-order valence-electron chi connectivity index (χ3n) is 9.62. The topological polar surface area (TPSA) is 81.2 Å². The molecule has 2 heterocycles. The summed E-state index contributed by atoms with van der Waals surface area (Å²) in [7, 11) is 0. The number of aromatic nitrogens is 2. The van der Waals surface area contributed by atoms with Gasteiger partial charge in [0.15, 0.2) is 0 Å². The van der Waals surface area contributed by atoms with E-state index in [1.54, 1.807) is 0 Å². The van der Waals surface area contributed by atoms with E-state index in [0.717, 1.165) is 77.2 Å². The Labute approximate surface area is 287 Å². The lowest BCUT2D eigenvalue weighted by molar-refractivity contribution is 1.18. The average Bonchev–Trinajstić information content (AvgIpc) is 3.69. The SMILES string of the molecule is N#Cc1ccc(-c2ccccc2-n2c3ccccc3c3cc(C#N)ccc32)c(-c2ccc(-n3c4ccccc4c4ccc(C#N)cc43)cc2)c1. The van der Waals surface area contributed by atoms with Crippen LogP contribution in [0, 0.1) is 34.0 Å². The van der Waals surface area contributed by atoms with E-state index in [-0.39, 0.29) is 0 Å². The Morgan fingerprint density at radius 2 is 0.920 bits per heavy atom. The van der Waals surface area contributed by atoms with Crippen molar-refractivity contribution in [3.05, 3.63) is 168 Å². The van der Waals surface area contributed by atoms with Crippen molar-refractivity contribution in [1.82, 2.24) is 9.13 Å². The molecule has 5 heteroatoms. The normalized spacial score (nSPS) is 11.1. The molecule has 0 radical (unpaired) electrons. The third kappa shape index (κ3) is 4.38. The van der Waals surface area contributed by atoms with E-state index in [0.29, 0.717) is 16.7 Å². The molecular weight excluding hydrogens is 611 g/mol. The second-order valence-corrected chi connectivity index (χ2v) is 12.3. The molecular formula is C45H25N5. The molecule has 0 aliphatic rings. The average molecular weight is 636 g/mol. The Kier molecular flexibility index (Phi) is 6.56. The fourth-order valence-corrected chi connectivity index (χ4v) is 7.39. The summed E-state index contributed by atoms with van der Waals surface area (Å²) in [6.45, 7) is 0. The molecule has 0 amide bonds. The molecule has 0 fully saturated rings. The smallest absolute Gasteiger partial charge is 0.0992 e. The van der Waals surface area contributed by atoms with Gasteiger partial charge in [0.1, 0.15) is 0 Å². The van der Waals surface area contributed by atoms with Crippen molar-refractivity contribution in [3.63, 3.8) is 0 Å². The maximum absolute atomic E-state index is 9.96. The van der Waals surface area contributed by atoms with Crippen molar-refractivity contribution in [2.45, 2.75) is 0 Å². The lowest BCUT2D eigenvalue weighted by Crippen LogP contribution is -1.98. The second kappa shape index (κ2) is 11.4. The number of nitrogens with zero attached hydrogens (tertiary/aromatic N) is 5. The van der Waals surface area contributed by atoms with Crippen molar-refractivity contribution >= 4 is 43.6 Å². The van der Waals surface area contributed by atoms with Crippen LogP contribution in [0.3, 0.4) is 0 Å². The third-order valence-corrected chi connectivity index (χ3v) is 9.62. The molecule has 0 aliphatic heterocycles. The zero-order valence-corrected chi connectivity index (χ0v) is 26.7. The van der Waals surface area contributed by atoms with Crippen LogP contribution in [0.1, 0.15) is 16.7 Å². The van der Waals surface area contributed by atoms with Crippen LogP contribution >= 0.6 is 0 Å². The number of hydrogen-bond acceptors (Lipinski definition) is 3. The fraction of sp³-hybridized carbons (Fsp3) is 0. The monoisotopic (exact) mass is 635 g/mol. The Hall–Kier alpha value is -7.39. The van der Waals surface area contributed by atoms with Gasteiger partial charge in [-0.25, -0.2) is 0 Å². The molecule has 0 saturated heterocycles. The Morgan fingerprint density at radius 1 is 0.360 bits per heavy atom. The van der Waals surface area contributed by atoms with Gasteiger partial charge < -0.3 is 9.13 Å². The predicted molar refractivity (Wildman–Crippen MR) is 200 cm³/mol. The van der Waals surface area contributed by atoms with E-state index in [1.165, 1.54) is 0 Å². The van der Waals surface area contributed by atoms with Gasteiger partial charge in [0.05, 0.1) is 62.7 Å². The van der Waals surface area contributed by atoms with Crippen LogP contribution in [0.25, 0.3) is 77.2 Å². The maximum Gasteiger partial charge on any atom is 0.0992 e. The summed E-state index contributed by atoms with van der Waals surface area (Å²) in [6, 6.07) is 57.9. The van der Waals surface area contributed by atoms with Gasteiger partial charge in [-0.05, 0) is 89.5 Å². The molecule has 2 aromatic heterocycles. The highest BCUT2D eigenvalue weighted by molar-refractivity contribution is 6.11.